The van der Waals surface area contributed by atoms with Gasteiger partial charge in [-0.3, -0.25) is 0 Å². The Kier molecular flexibility index (Phi) is 25.7. The molecule has 0 saturated heterocycles. The van der Waals surface area contributed by atoms with Gasteiger partial charge in [0.25, 0.3) is 0 Å². The fourth-order valence-corrected chi connectivity index (χ4v) is 9.28. The third-order valence-electron chi connectivity index (χ3n) is 10.2. The molecule has 0 unspecified atom stereocenters. The van der Waals surface area contributed by atoms with E-state index in [-0.39, 0.29) is 0 Å². The van der Waals surface area contributed by atoms with Gasteiger partial charge in [-0.05, 0) is 73.2 Å². The van der Waals surface area contributed by atoms with Gasteiger partial charge in [0.05, 0.1) is 9.79 Å². The molecule has 0 aliphatic rings. The number of halogens is 2. The monoisotopic (exact) mass is 734 g/mol. The quantitative estimate of drug-likeness (QED) is 0.0701. The molecular weight excluding hydrogens is 663 g/mol. The second-order valence-electron chi connectivity index (χ2n) is 14.7. The minimum absolute atomic E-state index is 0.399. The van der Waals surface area contributed by atoms with E-state index in [9.17, 15) is 8.42 Å². The van der Waals surface area contributed by atoms with Gasteiger partial charge in [0, 0.05) is 10.0 Å². The van der Waals surface area contributed by atoms with E-state index < -0.39 is 9.84 Å². The lowest BCUT2D eigenvalue weighted by Crippen LogP contribution is -2.09. The highest BCUT2D eigenvalue weighted by molar-refractivity contribution is 7.91. The van der Waals surface area contributed by atoms with Crippen molar-refractivity contribution in [3.05, 3.63) is 57.6 Å². The van der Waals surface area contributed by atoms with Crippen molar-refractivity contribution in [3.63, 3.8) is 0 Å². The zero-order chi connectivity index (χ0) is 35.4. The molecule has 280 valence electrons. The molecule has 0 atom stereocenters. The SMILES string of the molecule is CCCCCCCCCCCCCCCCc1cc(Cl)ccc1S(=O)(=O)c1ccc(Cl)cc1CCCCCCCCCCCCCCCC. The zero-order valence-corrected chi connectivity index (χ0v) is 34.0. The Bertz CT molecular complexity index is 1120. The molecule has 2 aromatic rings. The normalized spacial score (nSPS) is 11.8. The lowest BCUT2D eigenvalue weighted by atomic mass is 10.0. The molecule has 0 radical (unpaired) electrons. The van der Waals surface area contributed by atoms with Crippen LogP contribution < -0.4 is 0 Å². The molecule has 0 fully saturated rings. The molecule has 0 aliphatic heterocycles. The van der Waals surface area contributed by atoms with E-state index in [1.165, 1.54) is 154 Å². The number of aryl methyl sites for hydroxylation is 2. The van der Waals surface area contributed by atoms with Crippen LogP contribution in [0.4, 0.5) is 0 Å². The standard InChI is InChI=1S/C44H72Cl2O2S/c1-3-5-7-9-11-13-15-17-19-21-23-25-27-29-31-39-37-41(45)33-35-43(39)49(47,48)44-36-34-42(46)38-40(44)32-30-28-26-24-22-20-18-16-14-12-10-8-6-4-2/h33-38H,3-32H2,1-2H3. The summed E-state index contributed by atoms with van der Waals surface area (Å²) < 4.78 is 28.2. The molecule has 0 heterocycles. The molecule has 0 aliphatic carbocycles. The average molecular weight is 736 g/mol. The van der Waals surface area contributed by atoms with E-state index in [2.05, 4.69) is 13.8 Å². The molecule has 0 bridgehead atoms. The van der Waals surface area contributed by atoms with Crippen LogP contribution >= 0.6 is 23.2 Å². The van der Waals surface area contributed by atoms with Gasteiger partial charge in [-0.25, -0.2) is 8.42 Å². The maximum atomic E-state index is 14.1. The first-order chi connectivity index (χ1) is 23.9. The van der Waals surface area contributed by atoms with Gasteiger partial charge in [-0.1, -0.05) is 204 Å². The van der Waals surface area contributed by atoms with Crippen molar-refractivity contribution in [2.45, 2.75) is 216 Å². The maximum absolute atomic E-state index is 14.1. The van der Waals surface area contributed by atoms with Gasteiger partial charge in [-0.15, -0.1) is 0 Å². The van der Waals surface area contributed by atoms with Crippen LogP contribution in [0.25, 0.3) is 0 Å². The molecule has 5 heteroatoms. The second-order valence-corrected chi connectivity index (χ2v) is 17.5. The fourth-order valence-electron chi connectivity index (χ4n) is 7.15. The van der Waals surface area contributed by atoms with E-state index in [4.69, 9.17) is 23.2 Å². The maximum Gasteiger partial charge on any atom is 0.207 e. The number of sulfone groups is 1. The highest BCUT2D eigenvalue weighted by Crippen LogP contribution is 2.32. The molecule has 0 amide bonds. The Morgan fingerprint density at radius 3 is 0.898 bits per heavy atom. The summed E-state index contributed by atoms with van der Waals surface area (Å²) in [5.41, 5.74) is 1.67. The summed E-state index contributed by atoms with van der Waals surface area (Å²) in [6.45, 7) is 4.55. The molecule has 2 rings (SSSR count). The van der Waals surface area contributed by atoms with Crippen LogP contribution in [0.5, 0.6) is 0 Å². The second kappa shape index (κ2) is 28.5. The Morgan fingerprint density at radius 1 is 0.388 bits per heavy atom. The first-order valence-corrected chi connectivity index (χ1v) is 23.0. The average Bonchev–Trinajstić information content (AvgIpc) is 3.08. The van der Waals surface area contributed by atoms with Gasteiger partial charge >= 0.3 is 0 Å². The van der Waals surface area contributed by atoms with Crippen molar-refractivity contribution in [1.29, 1.82) is 0 Å². The zero-order valence-electron chi connectivity index (χ0n) is 31.7. The van der Waals surface area contributed by atoms with E-state index in [0.717, 1.165) is 49.7 Å². The molecule has 0 saturated carbocycles. The first-order valence-electron chi connectivity index (χ1n) is 20.7. The minimum Gasteiger partial charge on any atom is -0.218 e. The van der Waals surface area contributed by atoms with Crippen LogP contribution in [0.1, 0.15) is 205 Å². The third kappa shape index (κ3) is 20.0. The fraction of sp³-hybridized carbons (Fsp3) is 0.727. The Hall–Kier alpha value is -1.03. The van der Waals surface area contributed by atoms with Crippen LogP contribution in [0.2, 0.25) is 10.0 Å². The Balaban J connectivity index is 1.75. The van der Waals surface area contributed by atoms with E-state index in [0.29, 0.717) is 19.8 Å². The van der Waals surface area contributed by atoms with Gasteiger partial charge < -0.3 is 0 Å². The van der Waals surface area contributed by atoms with Crippen molar-refractivity contribution in [2.24, 2.45) is 0 Å². The number of rotatable bonds is 32. The number of unbranched alkanes of at least 4 members (excludes halogenated alkanes) is 26. The van der Waals surface area contributed by atoms with E-state index >= 15 is 0 Å². The van der Waals surface area contributed by atoms with Crippen LogP contribution in [-0.2, 0) is 22.7 Å². The molecule has 0 aromatic heterocycles. The van der Waals surface area contributed by atoms with Gasteiger partial charge in [0.2, 0.25) is 9.84 Å². The molecule has 0 N–H and O–H groups in total. The lowest BCUT2D eigenvalue weighted by Gasteiger charge is -2.15. The van der Waals surface area contributed by atoms with Crippen molar-refractivity contribution in [3.8, 4) is 0 Å². The summed E-state index contributed by atoms with van der Waals surface area (Å²) in [7, 11) is -3.69. The van der Waals surface area contributed by atoms with Gasteiger partial charge in [-0.2, -0.15) is 0 Å². The predicted molar refractivity (Wildman–Crippen MR) is 216 cm³/mol. The number of benzene rings is 2. The van der Waals surface area contributed by atoms with Gasteiger partial charge in [0.15, 0.2) is 0 Å². The smallest absolute Gasteiger partial charge is 0.207 e. The number of hydrogen-bond donors (Lipinski definition) is 0. The minimum atomic E-state index is -3.69. The Morgan fingerprint density at radius 2 is 0.633 bits per heavy atom. The third-order valence-corrected chi connectivity index (χ3v) is 12.6. The molecule has 2 nitrogen and oxygen atoms in total. The summed E-state index contributed by atoms with van der Waals surface area (Å²) in [6, 6.07) is 10.6. The summed E-state index contributed by atoms with van der Waals surface area (Å²) in [5.74, 6) is 0. The predicted octanol–water partition coefficient (Wildman–Crippen LogP) is 15.9. The summed E-state index contributed by atoms with van der Waals surface area (Å²) in [6.07, 6.45) is 38.0. The summed E-state index contributed by atoms with van der Waals surface area (Å²) >= 11 is 12.8. The highest BCUT2D eigenvalue weighted by Gasteiger charge is 2.24. The van der Waals surface area contributed by atoms with Crippen LogP contribution in [0.15, 0.2) is 46.2 Å². The van der Waals surface area contributed by atoms with Crippen molar-refractivity contribution >= 4 is 33.0 Å². The lowest BCUT2D eigenvalue weighted by molar-refractivity contribution is 0.535. The van der Waals surface area contributed by atoms with Crippen LogP contribution in [0, 0.1) is 0 Å². The summed E-state index contributed by atoms with van der Waals surface area (Å²) in [5, 5.41) is 1.19. The molecule has 0 spiro atoms. The highest BCUT2D eigenvalue weighted by atomic mass is 35.5. The van der Waals surface area contributed by atoms with Crippen LogP contribution in [0.3, 0.4) is 0 Å². The van der Waals surface area contributed by atoms with Gasteiger partial charge in [0.1, 0.15) is 0 Å². The largest absolute Gasteiger partial charge is 0.218 e. The van der Waals surface area contributed by atoms with Crippen molar-refractivity contribution < 1.29 is 8.42 Å². The van der Waals surface area contributed by atoms with E-state index in [1.807, 2.05) is 12.1 Å². The molecular formula is C44H72Cl2O2S. The molecule has 2 aromatic carbocycles. The van der Waals surface area contributed by atoms with Crippen LogP contribution in [-0.4, -0.2) is 8.42 Å². The van der Waals surface area contributed by atoms with Crippen molar-refractivity contribution in [2.75, 3.05) is 0 Å². The van der Waals surface area contributed by atoms with Crippen molar-refractivity contribution in [1.82, 2.24) is 0 Å². The Labute approximate surface area is 313 Å². The topological polar surface area (TPSA) is 34.1 Å². The first kappa shape index (κ1) is 44.1. The molecule has 49 heavy (non-hydrogen) atoms. The van der Waals surface area contributed by atoms with E-state index in [1.54, 1.807) is 24.3 Å². The number of hydrogen-bond acceptors (Lipinski definition) is 2. The summed E-state index contributed by atoms with van der Waals surface area (Å²) in [4.78, 5) is 0.798.